The van der Waals surface area contributed by atoms with Crippen LogP contribution >= 0.6 is 11.3 Å². The predicted molar refractivity (Wildman–Crippen MR) is 95.4 cm³/mol. The van der Waals surface area contributed by atoms with E-state index in [1.165, 1.54) is 17.5 Å². The largest absolute Gasteiger partial charge is 0.313 e. The molecule has 2 aromatic rings. The van der Waals surface area contributed by atoms with Crippen molar-refractivity contribution in [3.8, 4) is 0 Å². The van der Waals surface area contributed by atoms with Gasteiger partial charge in [-0.2, -0.15) is 0 Å². The van der Waals surface area contributed by atoms with E-state index in [1.807, 2.05) is 13.8 Å². The number of nitrogens with one attached hydrogen (secondary N) is 3. The first-order chi connectivity index (χ1) is 12.0. The lowest BCUT2D eigenvalue weighted by atomic mass is 10.2. The normalized spacial score (nSPS) is 10.6. The molecule has 2 heterocycles. The van der Waals surface area contributed by atoms with E-state index in [0.29, 0.717) is 28.6 Å². The summed E-state index contributed by atoms with van der Waals surface area (Å²) in [5.74, 6) is -0.356. The molecule has 0 aromatic carbocycles. The van der Waals surface area contributed by atoms with Crippen molar-refractivity contribution in [3.63, 3.8) is 0 Å². The molecule has 134 valence electrons. The molecular weight excluding hydrogens is 344 g/mol. The van der Waals surface area contributed by atoms with Crippen molar-refractivity contribution in [3.05, 3.63) is 40.9 Å². The lowest BCUT2D eigenvalue weighted by Gasteiger charge is -2.10. The molecule has 0 atom stereocenters. The van der Waals surface area contributed by atoms with Crippen LogP contribution in [-0.4, -0.2) is 29.5 Å². The number of amides is 2. The fourth-order valence-electron chi connectivity index (χ4n) is 1.76. The molecule has 0 bridgehead atoms. The molecule has 0 aliphatic rings. The number of thiophene rings is 1. The number of pyridine rings is 1. The summed E-state index contributed by atoms with van der Waals surface area (Å²) in [7, 11) is 0. The second kappa shape index (κ2) is 9.11. The highest BCUT2D eigenvalue weighted by molar-refractivity contribution is 7.14. The van der Waals surface area contributed by atoms with Crippen molar-refractivity contribution in [2.75, 3.05) is 17.4 Å². The van der Waals surface area contributed by atoms with Crippen LogP contribution in [0, 0.1) is 0 Å². The summed E-state index contributed by atoms with van der Waals surface area (Å²) in [6.45, 7) is 5.85. The molecule has 3 N–H and O–H groups in total. The van der Waals surface area contributed by atoms with Gasteiger partial charge in [0, 0.05) is 11.8 Å². The van der Waals surface area contributed by atoms with Gasteiger partial charge in [0.1, 0.15) is 10.8 Å². The molecule has 0 aliphatic carbocycles. The van der Waals surface area contributed by atoms with E-state index >= 15 is 0 Å². The van der Waals surface area contributed by atoms with Gasteiger partial charge >= 0.3 is 0 Å². The Hall–Kier alpha value is -2.49. The average molecular weight is 364 g/mol. The predicted octanol–water partition coefficient (Wildman–Crippen LogP) is 2.83. The van der Waals surface area contributed by atoms with E-state index in [9.17, 15) is 9.59 Å². The molecule has 2 aromatic heterocycles. The molecule has 0 unspecified atom stereocenters. The van der Waals surface area contributed by atoms with Crippen LogP contribution in [0.4, 0.5) is 10.8 Å². The van der Waals surface area contributed by atoms with Gasteiger partial charge in [0.05, 0.1) is 18.3 Å². The Morgan fingerprint density at radius 1 is 1.28 bits per heavy atom. The highest BCUT2D eigenvalue weighted by Gasteiger charge is 2.16. The molecule has 0 radical (unpaired) electrons. The molecule has 9 heteroatoms. The minimum Gasteiger partial charge on any atom is -0.313 e. The van der Waals surface area contributed by atoms with Crippen LogP contribution in [0.1, 0.15) is 41.5 Å². The molecule has 2 amide bonds. The monoisotopic (exact) mass is 364 g/mol. The minimum absolute atomic E-state index is 0.0307. The number of carbonyl (C=O) groups is 2. The van der Waals surface area contributed by atoms with Gasteiger partial charge in [0.15, 0.2) is 0 Å². The van der Waals surface area contributed by atoms with Gasteiger partial charge in [-0.1, -0.05) is 0 Å². The smallest absolute Gasteiger partial charge is 0.277 e. The minimum atomic E-state index is -0.416. The van der Waals surface area contributed by atoms with Gasteiger partial charge in [-0.05, 0) is 44.4 Å². The van der Waals surface area contributed by atoms with Crippen molar-refractivity contribution in [1.82, 2.24) is 10.5 Å². The Morgan fingerprint density at radius 3 is 2.80 bits per heavy atom. The zero-order valence-electron chi connectivity index (χ0n) is 14.2. The Kier molecular flexibility index (Phi) is 6.87. The van der Waals surface area contributed by atoms with Crippen LogP contribution in [0.5, 0.6) is 0 Å². The van der Waals surface area contributed by atoms with Crippen LogP contribution in [0.15, 0.2) is 29.8 Å². The Bertz CT molecular complexity index is 732. The molecular formula is C16H20N4O4S. The first kappa shape index (κ1) is 18.8. The number of carbonyl (C=O) groups excluding carboxylic acids is 2. The summed E-state index contributed by atoms with van der Waals surface area (Å²) in [4.78, 5) is 38.6. The topological polar surface area (TPSA) is 102 Å². The van der Waals surface area contributed by atoms with Crippen molar-refractivity contribution in [1.29, 1.82) is 0 Å². The number of hydrogen-bond acceptors (Lipinski definition) is 7. The molecule has 2 rings (SSSR count). The maximum Gasteiger partial charge on any atom is 0.277 e. The second-order valence-electron chi connectivity index (χ2n) is 5.18. The van der Waals surface area contributed by atoms with Gasteiger partial charge in [0.25, 0.3) is 11.8 Å². The van der Waals surface area contributed by atoms with Crippen LogP contribution in [0.25, 0.3) is 0 Å². The highest BCUT2D eigenvalue weighted by Crippen LogP contribution is 2.24. The van der Waals surface area contributed by atoms with Crippen LogP contribution < -0.4 is 16.3 Å². The van der Waals surface area contributed by atoms with Gasteiger partial charge in [-0.25, -0.2) is 15.9 Å². The number of rotatable bonds is 8. The van der Waals surface area contributed by atoms with Crippen molar-refractivity contribution in [2.45, 2.75) is 26.9 Å². The first-order valence-electron chi connectivity index (χ1n) is 7.70. The third kappa shape index (κ3) is 5.52. The summed E-state index contributed by atoms with van der Waals surface area (Å²) in [6, 6.07) is 4.75. The molecule has 25 heavy (non-hydrogen) atoms. The van der Waals surface area contributed by atoms with Crippen molar-refractivity contribution in [2.24, 2.45) is 0 Å². The molecule has 8 nitrogen and oxygen atoms in total. The average Bonchev–Trinajstić information content (AvgIpc) is 3.06. The van der Waals surface area contributed by atoms with Gasteiger partial charge < -0.3 is 5.32 Å². The lowest BCUT2D eigenvalue weighted by Crippen LogP contribution is -2.24. The maximum absolute atomic E-state index is 12.4. The molecule has 0 spiro atoms. The lowest BCUT2D eigenvalue weighted by molar-refractivity contribution is 0.0365. The summed E-state index contributed by atoms with van der Waals surface area (Å²) >= 11 is 1.25. The maximum atomic E-state index is 12.4. The Balaban J connectivity index is 2.06. The standard InChI is InChI=1S/C16H20N4O4S/c1-4-23-20-15(22)12-6-8-25-16(12)18-14(21)11-5-7-17-13(9-11)19-24-10(2)3/h5-10H,4H2,1-3H3,(H,17,19)(H,18,21)(H,20,22). The van der Waals surface area contributed by atoms with Crippen molar-refractivity contribution >= 4 is 34.0 Å². The van der Waals surface area contributed by atoms with Crippen LogP contribution in [0.3, 0.4) is 0 Å². The highest BCUT2D eigenvalue weighted by atomic mass is 32.1. The zero-order chi connectivity index (χ0) is 18.2. The van der Waals surface area contributed by atoms with E-state index in [2.05, 4.69) is 21.3 Å². The Morgan fingerprint density at radius 2 is 2.08 bits per heavy atom. The fraction of sp³-hybridized carbons (Fsp3) is 0.312. The van der Waals surface area contributed by atoms with Crippen LogP contribution in [-0.2, 0) is 9.68 Å². The van der Waals surface area contributed by atoms with Crippen molar-refractivity contribution < 1.29 is 19.3 Å². The van der Waals surface area contributed by atoms with E-state index in [-0.39, 0.29) is 12.0 Å². The Labute approximate surface area is 149 Å². The number of hydrogen-bond donors (Lipinski definition) is 3. The number of anilines is 2. The fourth-order valence-corrected chi connectivity index (χ4v) is 2.54. The summed E-state index contributed by atoms with van der Waals surface area (Å²) in [6.07, 6.45) is 1.47. The zero-order valence-corrected chi connectivity index (χ0v) is 15.0. The van der Waals surface area contributed by atoms with Gasteiger partial charge in [-0.3, -0.25) is 19.3 Å². The molecule has 0 fully saturated rings. The van der Waals surface area contributed by atoms with E-state index in [0.717, 1.165) is 0 Å². The number of hydroxylamine groups is 1. The third-order valence-corrected chi connectivity index (χ3v) is 3.70. The van der Waals surface area contributed by atoms with Crippen LogP contribution in [0.2, 0.25) is 0 Å². The quantitative estimate of drug-likeness (QED) is 0.623. The van der Waals surface area contributed by atoms with E-state index < -0.39 is 5.91 Å². The first-order valence-corrected chi connectivity index (χ1v) is 8.58. The molecule has 0 saturated carbocycles. The third-order valence-electron chi connectivity index (χ3n) is 2.87. The van der Waals surface area contributed by atoms with E-state index in [4.69, 9.17) is 9.68 Å². The SMILES string of the molecule is CCONC(=O)c1ccsc1NC(=O)c1ccnc(NOC(C)C)c1. The number of nitrogens with zero attached hydrogens (tertiary/aromatic N) is 1. The van der Waals surface area contributed by atoms with Gasteiger partial charge in [-0.15, -0.1) is 11.3 Å². The summed E-state index contributed by atoms with van der Waals surface area (Å²) in [5, 5.41) is 4.87. The van der Waals surface area contributed by atoms with E-state index in [1.54, 1.807) is 30.5 Å². The number of aromatic nitrogens is 1. The van der Waals surface area contributed by atoms with Gasteiger partial charge in [0.2, 0.25) is 0 Å². The molecule has 0 aliphatic heterocycles. The molecule has 0 saturated heterocycles. The summed E-state index contributed by atoms with van der Waals surface area (Å²) < 4.78 is 0. The second-order valence-corrected chi connectivity index (χ2v) is 6.10. The summed E-state index contributed by atoms with van der Waals surface area (Å²) in [5.41, 5.74) is 5.71.